The Kier molecular flexibility index (Phi) is 5.22. The van der Waals surface area contributed by atoms with Gasteiger partial charge in [0, 0.05) is 38.3 Å². The number of methoxy groups -OCH3 is 1. The fourth-order valence-electron chi connectivity index (χ4n) is 2.33. The molecule has 96 valence electrons. The van der Waals surface area contributed by atoms with E-state index in [4.69, 9.17) is 4.74 Å². The van der Waals surface area contributed by atoms with E-state index in [1.54, 1.807) is 7.11 Å². The van der Waals surface area contributed by atoms with Crippen molar-refractivity contribution in [1.82, 2.24) is 10.2 Å². The molecule has 3 heteroatoms. The molecule has 0 aromatic heterocycles. The van der Waals surface area contributed by atoms with Crippen LogP contribution < -0.4 is 5.32 Å². The van der Waals surface area contributed by atoms with E-state index in [9.17, 15) is 0 Å². The highest BCUT2D eigenvalue weighted by atomic mass is 16.5. The van der Waals surface area contributed by atoms with Gasteiger partial charge in [-0.1, -0.05) is 13.8 Å². The number of rotatable bonds is 5. The fraction of sp³-hybridized carbons (Fsp3) is 1.00. The van der Waals surface area contributed by atoms with Crippen LogP contribution in [0.3, 0.4) is 0 Å². The van der Waals surface area contributed by atoms with Crippen molar-refractivity contribution in [3.8, 4) is 0 Å². The molecule has 0 radical (unpaired) electrons. The molecule has 0 aromatic rings. The Morgan fingerprint density at radius 1 is 1.50 bits per heavy atom. The number of piperazine rings is 1. The summed E-state index contributed by atoms with van der Waals surface area (Å²) in [6, 6.07) is 0.642. The molecular weight excluding hydrogens is 200 g/mol. The highest BCUT2D eigenvalue weighted by Gasteiger charge is 2.36. The first-order valence-corrected chi connectivity index (χ1v) is 6.57. The second kappa shape index (κ2) is 5.99. The SMILES string of the molecule is CCC1CN(CC(C)OC)C(C)(CC)CN1. The van der Waals surface area contributed by atoms with Crippen molar-refractivity contribution in [2.45, 2.75) is 58.2 Å². The van der Waals surface area contributed by atoms with E-state index in [-0.39, 0.29) is 0 Å². The lowest BCUT2D eigenvalue weighted by Crippen LogP contribution is -2.64. The van der Waals surface area contributed by atoms with Crippen molar-refractivity contribution in [1.29, 1.82) is 0 Å². The minimum absolute atomic E-state index is 0.290. The minimum Gasteiger partial charge on any atom is -0.380 e. The largest absolute Gasteiger partial charge is 0.380 e. The zero-order valence-electron chi connectivity index (χ0n) is 11.5. The average molecular weight is 228 g/mol. The molecule has 3 atom stereocenters. The van der Waals surface area contributed by atoms with Gasteiger partial charge in [0.1, 0.15) is 0 Å². The van der Waals surface area contributed by atoms with E-state index in [0.717, 1.165) is 19.6 Å². The molecular formula is C13H28N2O. The van der Waals surface area contributed by atoms with E-state index >= 15 is 0 Å². The Balaban J connectivity index is 2.64. The lowest BCUT2D eigenvalue weighted by molar-refractivity contribution is -0.00175. The summed E-state index contributed by atoms with van der Waals surface area (Å²) in [5.74, 6) is 0. The van der Waals surface area contributed by atoms with Crippen LogP contribution in [-0.2, 0) is 4.74 Å². The first-order chi connectivity index (χ1) is 7.55. The van der Waals surface area contributed by atoms with Gasteiger partial charge in [-0.2, -0.15) is 0 Å². The molecule has 3 nitrogen and oxygen atoms in total. The maximum absolute atomic E-state index is 5.40. The van der Waals surface area contributed by atoms with Gasteiger partial charge >= 0.3 is 0 Å². The van der Waals surface area contributed by atoms with Crippen LogP contribution in [0.25, 0.3) is 0 Å². The van der Waals surface area contributed by atoms with Crippen molar-refractivity contribution in [3.05, 3.63) is 0 Å². The molecule has 1 rings (SSSR count). The molecule has 0 spiro atoms. The predicted molar refractivity (Wildman–Crippen MR) is 68.8 cm³/mol. The van der Waals surface area contributed by atoms with E-state index in [2.05, 4.69) is 37.9 Å². The highest BCUT2D eigenvalue weighted by Crippen LogP contribution is 2.24. The maximum Gasteiger partial charge on any atom is 0.0670 e. The molecule has 1 aliphatic heterocycles. The van der Waals surface area contributed by atoms with Gasteiger partial charge in [-0.05, 0) is 26.7 Å². The van der Waals surface area contributed by atoms with Gasteiger partial charge in [0.05, 0.1) is 6.10 Å². The first-order valence-electron chi connectivity index (χ1n) is 6.57. The van der Waals surface area contributed by atoms with Gasteiger partial charge in [0.15, 0.2) is 0 Å². The van der Waals surface area contributed by atoms with Crippen molar-refractivity contribution in [3.63, 3.8) is 0 Å². The Bertz CT molecular complexity index is 208. The Hall–Kier alpha value is -0.120. The van der Waals surface area contributed by atoms with Crippen molar-refractivity contribution in [2.75, 3.05) is 26.7 Å². The predicted octanol–water partition coefficient (Wildman–Crippen LogP) is 1.87. The van der Waals surface area contributed by atoms with Crippen molar-refractivity contribution in [2.24, 2.45) is 0 Å². The Labute approximate surface area is 101 Å². The summed E-state index contributed by atoms with van der Waals surface area (Å²) in [7, 11) is 1.80. The van der Waals surface area contributed by atoms with Gasteiger partial charge < -0.3 is 10.1 Å². The maximum atomic E-state index is 5.40. The fourth-order valence-corrected chi connectivity index (χ4v) is 2.33. The van der Waals surface area contributed by atoms with E-state index in [1.165, 1.54) is 12.8 Å². The average Bonchev–Trinajstić information content (AvgIpc) is 2.31. The third-order valence-corrected chi connectivity index (χ3v) is 4.11. The molecule has 16 heavy (non-hydrogen) atoms. The zero-order valence-corrected chi connectivity index (χ0v) is 11.5. The second-order valence-electron chi connectivity index (χ2n) is 5.29. The summed E-state index contributed by atoms with van der Waals surface area (Å²) in [6.07, 6.45) is 2.71. The molecule has 0 saturated carbocycles. The number of nitrogens with zero attached hydrogens (tertiary/aromatic N) is 1. The molecule has 0 aromatic carbocycles. The molecule has 3 unspecified atom stereocenters. The third-order valence-electron chi connectivity index (χ3n) is 4.11. The Morgan fingerprint density at radius 3 is 2.69 bits per heavy atom. The van der Waals surface area contributed by atoms with Gasteiger partial charge in [0.25, 0.3) is 0 Å². The Morgan fingerprint density at radius 2 is 2.19 bits per heavy atom. The summed E-state index contributed by atoms with van der Waals surface area (Å²) >= 11 is 0. The molecule has 1 N–H and O–H groups in total. The number of hydrogen-bond acceptors (Lipinski definition) is 3. The number of ether oxygens (including phenoxy) is 1. The first kappa shape index (κ1) is 13.9. The van der Waals surface area contributed by atoms with E-state index in [1.807, 2.05) is 0 Å². The van der Waals surface area contributed by atoms with Crippen LogP contribution in [0.1, 0.15) is 40.5 Å². The minimum atomic E-state index is 0.290. The van der Waals surface area contributed by atoms with Gasteiger partial charge in [-0.3, -0.25) is 4.90 Å². The summed E-state index contributed by atoms with van der Waals surface area (Å²) < 4.78 is 5.40. The highest BCUT2D eigenvalue weighted by molar-refractivity contribution is 4.95. The third kappa shape index (κ3) is 3.19. The number of hydrogen-bond donors (Lipinski definition) is 1. The van der Waals surface area contributed by atoms with Gasteiger partial charge in [0.2, 0.25) is 0 Å². The molecule has 0 aliphatic carbocycles. The summed E-state index contributed by atoms with van der Waals surface area (Å²) in [6.45, 7) is 12.3. The monoisotopic (exact) mass is 228 g/mol. The van der Waals surface area contributed by atoms with Crippen molar-refractivity contribution < 1.29 is 4.74 Å². The lowest BCUT2D eigenvalue weighted by atomic mass is 9.91. The molecule has 0 amide bonds. The van der Waals surface area contributed by atoms with Crippen LogP contribution >= 0.6 is 0 Å². The van der Waals surface area contributed by atoms with Crippen LogP contribution in [0, 0.1) is 0 Å². The standard InChI is InChI=1S/C13H28N2O/c1-6-12-9-15(8-11(3)16-5)13(4,7-2)10-14-12/h11-12,14H,6-10H2,1-5H3. The van der Waals surface area contributed by atoms with Crippen LogP contribution in [0.4, 0.5) is 0 Å². The molecule has 1 saturated heterocycles. The van der Waals surface area contributed by atoms with Crippen LogP contribution in [0.2, 0.25) is 0 Å². The van der Waals surface area contributed by atoms with Gasteiger partial charge in [-0.25, -0.2) is 0 Å². The van der Waals surface area contributed by atoms with Crippen LogP contribution in [0.15, 0.2) is 0 Å². The summed E-state index contributed by atoms with van der Waals surface area (Å²) in [4.78, 5) is 2.60. The second-order valence-corrected chi connectivity index (χ2v) is 5.29. The number of nitrogens with one attached hydrogen (secondary N) is 1. The van der Waals surface area contributed by atoms with Crippen LogP contribution in [-0.4, -0.2) is 49.3 Å². The molecule has 1 heterocycles. The molecule has 0 bridgehead atoms. The smallest absolute Gasteiger partial charge is 0.0670 e. The quantitative estimate of drug-likeness (QED) is 0.777. The zero-order chi connectivity index (χ0) is 12.2. The summed E-state index contributed by atoms with van der Waals surface area (Å²) in [5.41, 5.74) is 0.290. The molecule has 1 fully saturated rings. The van der Waals surface area contributed by atoms with Gasteiger partial charge in [-0.15, -0.1) is 0 Å². The molecule has 1 aliphatic rings. The van der Waals surface area contributed by atoms with E-state index in [0.29, 0.717) is 17.7 Å². The lowest BCUT2D eigenvalue weighted by Gasteiger charge is -2.48. The van der Waals surface area contributed by atoms with Crippen LogP contribution in [0.5, 0.6) is 0 Å². The summed E-state index contributed by atoms with van der Waals surface area (Å²) in [5, 5.41) is 3.65. The van der Waals surface area contributed by atoms with E-state index < -0.39 is 0 Å². The topological polar surface area (TPSA) is 24.5 Å². The normalized spacial score (nSPS) is 33.9. The van der Waals surface area contributed by atoms with Crippen molar-refractivity contribution >= 4 is 0 Å².